The van der Waals surface area contributed by atoms with Crippen molar-refractivity contribution in [2.24, 2.45) is 0 Å². The van der Waals surface area contributed by atoms with Gasteiger partial charge in [0.05, 0.1) is 0 Å². The standard InChI is InChI=1S/C32H36OSi.C23H15Br.C22H13Br.C9H22OSi.CH4.CH3.BrH.Mg/c1-21-9-10-22-14-25-17-26-15-23-11-12-30(34(33-8,31(2,3)4)32(5,6)7)20-29(23)19-28(26)18-27(25)16-24(22)13-21;1-14-2-3-15-7-18-10-19-8-16-4-5-23(24)13-22(16)12-21(19)11-20(18)9-17(15)6-14;23-22-6-5-16-9-19-10-17-7-14-3-1-2-4-15(14)8-18(17)11-20(19)12-21(16)13-22;1-8(2,3)11(10-7)9(4,5)6;;;;/h9-20H,1-8H3;2-13H,1H3;1-13H;11H,1-7H3;1H4;1H3;1H;/q;;;;;-1;;+2/p-1. The number of halogens is 3. The van der Waals surface area contributed by atoms with Crippen molar-refractivity contribution in [3.63, 3.8) is 0 Å². The molecule has 0 saturated heterocycles. The van der Waals surface area contributed by atoms with Crippen LogP contribution in [0.2, 0.25) is 20.2 Å². The summed E-state index contributed by atoms with van der Waals surface area (Å²) in [6.45, 7) is 32.0. The summed E-state index contributed by atoms with van der Waals surface area (Å²) in [4.78, 5) is 0. The van der Waals surface area contributed by atoms with Crippen LogP contribution in [0.1, 0.15) is 102 Å². The quantitative estimate of drug-likeness (QED) is 0.0997. The zero-order valence-electron chi connectivity index (χ0n) is 58.6. The Bertz CT molecular complexity index is 5260. The third-order valence-corrected chi connectivity index (χ3v) is 29.5. The number of aryl methyl sites for hydroxylation is 2. The summed E-state index contributed by atoms with van der Waals surface area (Å²) in [5.74, 6) is 0. The molecule has 8 heteroatoms. The molecule has 0 unspecified atom stereocenters. The van der Waals surface area contributed by atoms with E-state index >= 15 is 0 Å². The van der Waals surface area contributed by atoms with E-state index in [9.17, 15) is 0 Å². The van der Waals surface area contributed by atoms with E-state index in [-0.39, 0.29) is 65.0 Å². The minimum absolute atomic E-state index is 0. The first-order chi connectivity index (χ1) is 43.5. The van der Waals surface area contributed by atoms with Crippen molar-refractivity contribution < 1.29 is 25.8 Å². The first-order valence-corrected chi connectivity index (χ1v) is 37.5. The Morgan fingerprint density at radius 1 is 0.302 bits per heavy atom. The normalized spacial score (nSPS) is 12.1. The zero-order valence-corrected chi connectivity index (χ0v) is 66.9. The molecule has 0 aliphatic carbocycles. The van der Waals surface area contributed by atoms with E-state index in [1.54, 1.807) is 0 Å². The number of benzene rings is 15. The van der Waals surface area contributed by atoms with Gasteiger partial charge < -0.3 is 33.3 Å². The van der Waals surface area contributed by atoms with Crippen molar-refractivity contribution in [3.05, 3.63) is 252 Å². The van der Waals surface area contributed by atoms with Gasteiger partial charge in [-0.1, -0.05) is 224 Å². The molecule has 0 N–H and O–H groups in total. The largest absolute Gasteiger partial charge is 2.00 e. The zero-order chi connectivity index (χ0) is 65.4. The third kappa shape index (κ3) is 15.5. The second kappa shape index (κ2) is 29.4. The predicted octanol–water partition coefficient (Wildman–Crippen LogP) is 24.1. The van der Waals surface area contributed by atoms with Crippen LogP contribution < -0.4 is 22.2 Å². The fourth-order valence-corrected chi connectivity index (χ4v) is 26.5. The topological polar surface area (TPSA) is 18.5 Å². The van der Waals surface area contributed by atoms with E-state index in [1.165, 1.54) is 146 Å². The van der Waals surface area contributed by atoms with Gasteiger partial charge in [0.2, 0.25) is 8.32 Å². The van der Waals surface area contributed by atoms with Crippen molar-refractivity contribution in [3.8, 4) is 0 Å². The maximum atomic E-state index is 6.54. The summed E-state index contributed by atoms with van der Waals surface area (Å²) in [7, 11) is 0.374. The Labute approximate surface area is 617 Å². The third-order valence-electron chi connectivity index (χ3n) is 18.9. The first kappa shape index (κ1) is 75.7. The van der Waals surface area contributed by atoms with Crippen molar-refractivity contribution in [2.75, 3.05) is 14.2 Å². The first-order valence-electron chi connectivity index (χ1n) is 32.4. The number of rotatable bonds is 3. The minimum atomic E-state index is -2.31. The van der Waals surface area contributed by atoms with Gasteiger partial charge in [-0.15, -0.1) is 0 Å². The molecule has 0 aliphatic heterocycles. The molecule has 0 fully saturated rings. The van der Waals surface area contributed by atoms with Gasteiger partial charge in [-0.2, -0.15) is 0 Å². The number of hydrogen-bond donors (Lipinski definition) is 0. The van der Waals surface area contributed by atoms with Gasteiger partial charge in [0.1, 0.15) is 0 Å². The van der Waals surface area contributed by atoms with Crippen LogP contribution in [0.5, 0.6) is 0 Å². The van der Waals surface area contributed by atoms with Gasteiger partial charge in [-0.3, -0.25) is 0 Å². The van der Waals surface area contributed by atoms with E-state index < -0.39 is 17.4 Å². The van der Waals surface area contributed by atoms with Gasteiger partial charge in [-0.05, 0) is 302 Å². The molecule has 15 aromatic rings. The molecular weight excluding hydrogens is 1410 g/mol. The van der Waals surface area contributed by atoms with Crippen LogP contribution in [0.3, 0.4) is 0 Å². The van der Waals surface area contributed by atoms with Crippen LogP contribution in [-0.4, -0.2) is 54.6 Å². The smallest absolute Gasteiger partial charge is 1.00 e. The van der Waals surface area contributed by atoms with E-state index in [0.717, 1.165) is 8.95 Å². The molecule has 0 aromatic heterocycles. The van der Waals surface area contributed by atoms with Gasteiger partial charge in [0, 0.05) is 23.2 Å². The summed E-state index contributed by atoms with van der Waals surface area (Å²) in [5, 5.41) is 33.3. The van der Waals surface area contributed by atoms with Gasteiger partial charge >= 0.3 is 23.1 Å². The van der Waals surface area contributed by atoms with E-state index in [0.29, 0.717) is 10.1 Å². The van der Waals surface area contributed by atoms with Crippen molar-refractivity contribution in [1.82, 2.24) is 0 Å². The van der Waals surface area contributed by atoms with Crippen LogP contribution in [0.4, 0.5) is 0 Å². The molecule has 0 bridgehead atoms. The summed E-state index contributed by atoms with van der Waals surface area (Å²) >= 11 is 7.13. The second-order valence-corrected chi connectivity index (χ2v) is 42.0. The maximum absolute atomic E-state index is 6.54. The summed E-state index contributed by atoms with van der Waals surface area (Å²) in [6, 6.07) is 83.5. The Morgan fingerprint density at radius 2 is 0.521 bits per heavy atom. The van der Waals surface area contributed by atoms with Crippen LogP contribution in [0.15, 0.2) is 233 Å². The Morgan fingerprint density at radius 3 is 0.760 bits per heavy atom. The molecule has 0 spiro atoms. The molecule has 0 atom stereocenters. The Hall–Kier alpha value is -6.02. The molecule has 96 heavy (non-hydrogen) atoms. The molecule has 15 rings (SSSR count). The van der Waals surface area contributed by atoms with Crippen molar-refractivity contribution in [2.45, 2.75) is 125 Å². The molecule has 15 aromatic carbocycles. The average Bonchev–Trinajstić information content (AvgIpc) is 0.737. The fourth-order valence-electron chi connectivity index (χ4n) is 15.6. The number of fused-ring (bicyclic) bond motifs is 12. The number of hydrogen-bond acceptors (Lipinski definition) is 2. The van der Waals surface area contributed by atoms with Gasteiger partial charge in [0.25, 0.3) is 0 Å². The van der Waals surface area contributed by atoms with Crippen LogP contribution >= 0.6 is 31.9 Å². The monoisotopic (exact) mass is 1500 g/mol. The fraction of sp³-hybridized carbons (Fsp3) is 0.239. The van der Waals surface area contributed by atoms with Crippen molar-refractivity contribution in [1.29, 1.82) is 0 Å². The molecule has 0 aliphatic rings. The van der Waals surface area contributed by atoms with Crippen molar-refractivity contribution >= 4 is 207 Å². The summed E-state index contributed by atoms with van der Waals surface area (Å²) in [6.07, 6.45) is 0. The molecule has 2 nitrogen and oxygen atoms in total. The van der Waals surface area contributed by atoms with Crippen LogP contribution in [0, 0.1) is 21.3 Å². The molecule has 0 saturated carbocycles. The van der Waals surface area contributed by atoms with E-state index in [1.807, 2.05) is 14.2 Å². The molecule has 0 heterocycles. The van der Waals surface area contributed by atoms with Crippen LogP contribution in [-0.2, 0) is 8.85 Å². The Balaban J connectivity index is 0.000000170. The Kier molecular flexibility index (Phi) is 23.2. The predicted molar refractivity (Wildman–Crippen MR) is 439 cm³/mol. The molecule has 0 amide bonds. The maximum Gasteiger partial charge on any atom is 2.00 e. The summed E-state index contributed by atoms with van der Waals surface area (Å²) in [5.41, 5.74) is 2.60. The summed E-state index contributed by atoms with van der Waals surface area (Å²) < 4.78 is 14.4. The van der Waals surface area contributed by atoms with E-state index in [4.69, 9.17) is 8.85 Å². The second-order valence-electron chi connectivity index (χ2n) is 30.1. The average molecular weight is 1500 g/mol. The molecule has 488 valence electrons. The van der Waals surface area contributed by atoms with E-state index in [2.05, 4.69) is 353 Å². The van der Waals surface area contributed by atoms with Crippen LogP contribution in [0.25, 0.3) is 129 Å². The molecule has 0 radical (unpaired) electrons. The van der Waals surface area contributed by atoms with Gasteiger partial charge in [-0.25, -0.2) is 0 Å². The van der Waals surface area contributed by atoms with Gasteiger partial charge in [0.15, 0.2) is 9.04 Å². The SMILES string of the molecule is Brc1ccc2cc3cc4cc5ccccc5cc4cc3cc2c1.C.CO[SiH](C(C)(C)C)C(C)(C)C.CO[Si](c1ccc2cc3cc4cc5ccc(C)cc5cc4cc3cc2c1)(C(C)(C)C)C(C)(C)C.Cc1ccc2cc3cc4cc5ccc(Br)cc5cc4cc3cc2c1.[Br-].[CH3-].[Mg+2]. The minimum Gasteiger partial charge on any atom is -1.00 e. The molecular formula is C88H93Br3MgO2Si2.